The van der Waals surface area contributed by atoms with Crippen molar-refractivity contribution in [3.05, 3.63) is 44.6 Å². The molecule has 6 heteroatoms. The number of aromatic hydroxyl groups is 2. The molecule has 0 saturated heterocycles. The molecule has 0 amide bonds. The second-order valence-electron chi connectivity index (χ2n) is 4.12. The molecule has 0 aliphatic heterocycles. The first-order valence-electron chi connectivity index (χ1n) is 6.17. The Kier molecular flexibility index (Phi) is 4.88. The zero-order chi connectivity index (χ0) is 15.4. The van der Waals surface area contributed by atoms with Crippen LogP contribution in [0.1, 0.15) is 27.7 Å². The average molecular weight is 325 g/mol. The number of benzene rings is 1. The van der Waals surface area contributed by atoms with Gasteiger partial charge in [-0.3, -0.25) is 0 Å². The lowest BCUT2D eigenvalue weighted by Crippen LogP contribution is -2.07. The molecule has 4 nitrogen and oxygen atoms in total. The summed E-state index contributed by atoms with van der Waals surface area (Å²) >= 11 is 7.22. The van der Waals surface area contributed by atoms with Crippen LogP contribution in [-0.2, 0) is 4.74 Å². The molecule has 2 aromatic rings. The molecule has 1 aromatic heterocycles. The van der Waals surface area contributed by atoms with Gasteiger partial charge in [-0.2, -0.15) is 0 Å². The van der Waals surface area contributed by atoms with E-state index in [1.54, 1.807) is 25.1 Å². The highest BCUT2D eigenvalue weighted by atomic mass is 35.5. The standard InChI is InChI=1S/C15H13ClO4S/c1-2-20-15(19)14-9(7-10(17)8-12(14)18)3-4-11-5-6-13(16)21-11/h3-8,17-18H,2H2,1H3/b4-3+. The van der Waals surface area contributed by atoms with Gasteiger partial charge in [-0.15, -0.1) is 11.3 Å². The quantitative estimate of drug-likeness (QED) is 0.829. The van der Waals surface area contributed by atoms with Crippen molar-refractivity contribution in [1.29, 1.82) is 0 Å². The molecule has 0 saturated carbocycles. The minimum absolute atomic E-state index is 0.0218. The van der Waals surface area contributed by atoms with Crippen LogP contribution in [0.5, 0.6) is 11.5 Å². The third kappa shape index (κ3) is 3.77. The molecule has 1 aromatic carbocycles. The number of rotatable bonds is 4. The van der Waals surface area contributed by atoms with Gasteiger partial charge in [0.25, 0.3) is 0 Å². The fraction of sp³-hybridized carbons (Fsp3) is 0.133. The molecule has 2 rings (SSSR count). The summed E-state index contributed by atoms with van der Waals surface area (Å²) in [7, 11) is 0. The number of hydrogen-bond donors (Lipinski definition) is 2. The molecule has 0 fully saturated rings. The highest BCUT2D eigenvalue weighted by Gasteiger charge is 2.17. The van der Waals surface area contributed by atoms with E-state index in [-0.39, 0.29) is 23.7 Å². The van der Waals surface area contributed by atoms with Crippen molar-refractivity contribution in [2.45, 2.75) is 6.92 Å². The highest BCUT2D eigenvalue weighted by molar-refractivity contribution is 7.17. The van der Waals surface area contributed by atoms with E-state index in [1.807, 2.05) is 6.07 Å². The van der Waals surface area contributed by atoms with Crippen LogP contribution in [0.3, 0.4) is 0 Å². The van der Waals surface area contributed by atoms with Crippen LogP contribution in [0.15, 0.2) is 24.3 Å². The Balaban J connectivity index is 2.41. The van der Waals surface area contributed by atoms with E-state index in [9.17, 15) is 15.0 Å². The third-order valence-electron chi connectivity index (χ3n) is 2.63. The molecule has 0 atom stereocenters. The van der Waals surface area contributed by atoms with Crippen LogP contribution < -0.4 is 0 Å². The number of carbonyl (C=O) groups excluding carboxylic acids is 1. The lowest BCUT2D eigenvalue weighted by molar-refractivity contribution is 0.0523. The number of hydrogen-bond acceptors (Lipinski definition) is 5. The van der Waals surface area contributed by atoms with Crippen LogP contribution in [-0.4, -0.2) is 22.8 Å². The molecule has 0 aliphatic rings. The number of phenolic OH excluding ortho intramolecular Hbond substituents is 2. The molecule has 0 unspecified atom stereocenters. The zero-order valence-corrected chi connectivity index (χ0v) is 12.7. The van der Waals surface area contributed by atoms with Gasteiger partial charge in [0.2, 0.25) is 0 Å². The second kappa shape index (κ2) is 6.65. The summed E-state index contributed by atoms with van der Waals surface area (Å²) in [6, 6.07) is 6.08. The number of esters is 1. The maximum Gasteiger partial charge on any atom is 0.342 e. The van der Waals surface area contributed by atoms with Crippen LogP contribution >= 0.6 is 22.9 Å². The van der Waals surface area contributed by atoms with E-state index in [4.69, 9.17) is 16.3 Å². The first-order chi connectivity index (χ1) is 10.0. The SMILES string of the molecule is CCOC(=O)c1c(O)cc(O)cc1/C=C/c1ccc(Cl)s1. The first-order valence-corrected chi connectivity index (χ1v) is 7.37. The third-order valence-corrected chi connectivity index (χ3v) is 3.83. The molecule has 21 heavy (non-hydrogen) atoms. The maximum atomic E-state index is 11.9. The predicted octanol–water partition coefficient (Wildman–Crippen LogP) is 4.16. The van der Waals surface area contributed by atoms with Crippen molar-refractivity contribution in [2.24, 2.45) is 0 Å². The van der Waals surface area contributed by atoms with Crippen molar-refractivity contribution < 1.29 is 19.7 Å². The summed E-state index contributed by atoms with van der Waals surface area (Å²) < 4.78 is 5.56. The van der Waals surface area contributed by atoms with Crippen LogP contribution in [0.4, 0.5) is 0 Å². The molecule has 0 radical (unpaired) electrons. The van der Waals surface area contributed by atoms with Crippen LogP contribution in [0.2, 0.25) is 4.34 Å². The van der Waals surface area contributed by atoms with Gasteiger partial charge in [-0.1, -0.05) is 17.7 Å². The minimum atomic E-state index is -0.640. The Morgan fingerprint density at radius 2 is 2.10 bits per heavy atom. The summed E-state index contributed by atoms with van der Waals surface area (Å²) in [5.41, 5.74) is 0.393. The van der Waals surface area contributed by atoms with Crippen molar-refractivity contribution in [3.63, 3.8) is 0 Å². The van der Waals surface area contributed by atoms with Crippen molar-refractivity contribution in [2.75, 3.05) is 6.61 Å². The number of thiophene rings is 1. The van der Waals surface area contributed by atoms with E-state index < -0.39 is 5.97 Å². The summed E-state index contributed by atoms with van der Waals surface area (Å²) in [4.78, 5) is 12.8. The maximum absolute atomic E-state index is 11.9. The summed E-state index contributed by atoms with van der Waals surface area (Å²) in [5, 5.41) is 19.4. The van der Waals surface area contributed by atoms with Gasteiger partial charge in [0.15, 0.2) is 0 Å². The smallest absolute Gasteiger partial charge is 0.342 e. The number of phenols is 2. The second-order valence-corrected chi connectivity index (χ2v) is 5.87. The Morgan fingerprint density at radius 1 is 1.33 bits per heavy atom. The lowest BCUT2D eigenvalue weighted by atomic mass is 10.0. The zero-order valence-electron chi connectivity index (χ0n) is 11.2. The van der Waals surface area contributed by atoms with Gasteiger partial charge in [-0.25, -0.2) is 4.79 Å². The van der Waals surface area contributed by atoms with E-state index in [0.717, 1.165) is 10.9 Å². The Bertz CT molecular complexity index is 691. The molecule has 2 N–H and O–H groups in total. The minimum Gasteiger partial charge on any atom is -0.508 e. The Morgan fingerprint density at radius 3 is 2.71 bits per heavy atom. The molecule has 0 aliphatic carbocycles. The number of carbonyl (C=O) groups is 1. The van der Waals surface area contributed by atoms with E-state index in [0.29, 0.717) is 9.90 Å². The van der Waals surface area contributed by atoms with Crippen molar-refractivity contribution in [1.82, 2.24) is 0 Å². The molecular weight excluding hydrogens is 312 g/mol. The number of halogens is 1. The van der Waals surface area contributed by atoms with Gasteiger partial charge in [0, 0.05) is 10.9 Å². The summed E-state index contributed by atoms with van der Waals surface area (Å²) in [5.74, 6) is -1.10. The average Bonchev–Trinajstić information content (AvgIpc) is 2.81. The van der Waals surface area contributed by atoms with Gasteiger partial charge in [-0.05, 0) is 36.8 Å². The Hall–Kier alpha value is -1.98. The van der Waals surface area contributed by atoms with Gasteiger partial charge >= 0.3 is 5.97 Å². The molecule has 1 heterocycles. The summed E-state index contributed by atoms with van der Waals surface area (Å²) in [6.07, 6.45) is 3.36. The molecule has 0 bridgehead atoms. The molecular formula is C15H13ClO4S. The van der Waals surface area contributed by atoms with Gasteiger partial charge in [0.1, 0.15) is 17.1 Å². The topological polar surface area (TPSA) is 66.8 Å². The van der Waals surface area contributed by atoms with Crippen molar-refractivity contribution in [3.8, 4) is 11.5 Å². The fourth-order valence-electron chi connectivity index (χ4n) is 1.78. The number of ether oxygens (including phenoxy) is 1. The largest absolute Gasteiger partial charge is 0.508 e. The van der Waals surface area contributed by atoms with E-state index in [1.165, 1.54) is 17.4 Å². The normalized spacial score (nSPS) is 11.0. The molecule has 110 valence electrons. The highest BCUT2D eigenvalue weighted by Crippen LogP contribution is 2.30. The predicted molar refractivity (Wildman–Crippen MR) is 84.0 cm³/mol. The van der Waals surface area contributed by atoms with Crippen LogP contribution in [0.25, 0.3) is 12.2 Å². The monoisotopic (exact) mass is 324 g/mol. The van der Waals surface area contributed by atoms with Crippen molar-refractivity contribution >= 4 is 41.1 Å². The van der Waals surface area contributed by atoms with Crippen LogP contribution in [0, 0.1) is 0 Å². The first kappa shape index (κ1) is 15.4. The van der Waals surface area contributed by atoms with E-state index in [2.05, 4.69) is 0 Å². The van der Waals surface area contributed by atoms with Gasteiger partial charge in [0.05, 0.1) is 10.9 Å². The van der Waals surface area contributed by atoms with E-state index >= 15 is 0 Å². The van der Waals surface area contributed by atoms with Gasteiger partial charge < -0.3 is 14.9 Å². The fourth-order valence-corrected chi connectivity index (χ4v) is 2.74. The lowest BCUT2D eigenvalue weighted by Gasteiger charge is -2.08. The molecule has 0 spiro atoms. The Labute approximate surface area is 130 Å². The summed E-state index contributed by atoms with van der Waals surface area (Å²) in [6.45, 7) is 1.88.